The van der Waals surface area contributed by atoms with Gasteiger partial charge in [0.2, 0.25) is 0 Å². The number of rotatable bonds is 13. The molecule has 4 rings (SSSR count). The second-order valence-corrected chi connectivity index (χ2v) is 9.97. The van der Waals surface area contributed by atoms with Gasteiger partial charge in [0.05, 0.1) is 0 Å². The quantitative estimate of drug-likeness (QED) is 0.121. The smallest absolute Gasteiger partial charge is 0.387 e. The Bertz CT molecular complexity index is 1400. The van der Waals surface area contributed by atoms with Gasteiger partial charge >= 0.3 is 6.61 Å². The van der Waals surface area contributed by atoms with E-state index in [4.69, 9.17) is 0 Å². The first kappa shape index (κ1) is 28.6. The molecule has 0 N–H and O–H groups in total. The molecule has 6 heteroatoms. The van der Waals surface area contributed by atoms with Crippen molar-refractivity contribution in [2.75, 3.05) is 0 Å². The molecule has 39 heavy (non-hydrogen) atoms. The van der Waals surface area contributed by atoms with Gasteiger partial charge in [-0.05, 0) is 89.9 Å². The topological polar surface area (TPSA) is 9.23 Å². The van der Waals surface area contributed by atoms with Gasteiger partial charge in [-0.2, -0.15) is 8.78 Å². The van der Waals surface area contributed by atoms with Crippen molar-refractivity contribution in [3.05, 3.63) is 112 Å². The maximum Gasteiger partial charge on any atom is 0.387 e. The van der Waals surface area contributed by atoms with E-state index in [9.17, 15) is 17.6 Å². The number of unbranched alkanes of at least 4 members (excludes halogenated alkanes) is 3. The fraction of sp³-hybridized carbons (Fsp3) is 0.333. The van der Waals surface area contributed by atoms with Gasteiger partial charge in [0, 0.05) is 5.39 Å². The molecule has 0 aromatic heterocycles. The standard InChI is InChI=1S/C33H33F5O/c1-2-3-4-5-6-22-7-12-25(29(34)20-22)13-8-23-10-17-28-27(19-23)16-15-26(32(28)36)14-9-24-11-18-31(30(35)21-24)39-33(37)38/h7,10-12,15-21,33H,2-6,8-9,13-14H2,1H3. The minimum Gasteiger partial charge on any atom is -0.432 e. The minimum absolute atomic E-state index is 0.171. The molecule has 0 unspecified atom stereocenters. The molecular formula is C33H33F5O. The van der Waals surface area contributed by atoms with Gasteiger partial charge in [0.15, 0.2) is 11.6 Å². The summed E-state index contributed by atoms with van der Waals surface area (Å²) in [5.41, 5.74) is 3.76. The molecule has 0 radical (unpaired) electrons. The Kier molecular flexibility index (Phi) is 9.96. The molecule has 0 spiro atoms. The molecule has 0 fully saturated rings. The van der Waals surface area contributed by atoms with Crippen LogP contribution in [0.3, 0.4) is 0 Å². The van der Waals surface area contributed by atoms with Crippen LogP contribution in [0.5, 0.6) is 5.75 Å². The Labute approximate surface area is 226 Å². The lowest BCUT2D eigenvalue weighted by molar-refractivity contribution is -0.0522. The maximum atomic E-state index is 15.2. The lowest BCUT2D eigenvalue weighted by Gasteiger charge is -2.11. The van der Waals surface area contributed by atoms with Crippen LogP contribution >= 0.6 is 0 Å². The zero-order valence-corrected chi connectivity index (χ0v) is 22.1. The molecule has 0 amide bonds. The summed E-state index contributed by atoms with van der Waals surface area (Å²) in [5, 5.41) is 1.25. The molecular weight excluding hydrogens is 507 g/mol. The van der Waals surface area contributed by atoms with Crippen molar-refractivity contribution < 1.29 is 26.7 Å². The van der Waals surface area contributed by atoms with Gasteiger partial charge in [-0.1, -0.05) is 74.7 Å². The van der Waals surface area contributed by atoms with E-state index in [1.54, 1.807) is 18.2 Å². The van der Waals surface area contributed by atoms with Crippen molar-refractivity contribution in [3.63, 3.8) is 0 Å². The first-order valence-electron chi connectivity index (χ1n) is 13.5. The van der Waals surface area contributed by atoms with Gasteiger partial charge < -0.3 is 4.74 Å². The third kappa shape index (κ3) is 7.81. The number of ether oxygens (including phenoxy) is 1. The van der Waals surface area contributed by atoms with Crippen LogP contribution in [0.25, 0.3) is 10.8 Å². The van der Waals surface area contributed by atoms with Crippen LogP contribution in [-0.4, -0.2) is 6.61 Å². The first-order chi connectivity index (χ1) is 18.8. The highest BCUT2D eigenvalue weighted by atomic mass is 19.3. The van der Waals surface area contributed by atoms with Crippen LogP contribution in [0.2, 0.25) is 0 Å². The summed E-state index contributed by atoms with van der Waals surface area (Å²) in [4.78, 5) is 0. The summed E-state index contributed by atoms with van der Waals surface area (Å²) in [6.07, 6.45) is 7.39. The third-order valence-corrected chi connectivity index (χ3v) is 7.11. The highest BCUT2D eigenvalue weighted by molar-refractivity contribution is 5.84. The second-order valence-electron chi connectivity index (χ2n) is 9.97. The van der Waals surface area contributed by atoms with Gasteiger partial charge in [0.1, 0.15) is 11.6 Å². The number of fused-ring (bicyclic) bond motifs is 1. The lowest BCUT2D eigenvalue weighted by Crippen LogP contribution is -2.04. The number of benzene rings is 4. The van der Waals surface area contributed by atoms with E-state index in [2.05, 4.69) is 11.7 Å². The molecule has 0 atom stereocenters. The molecule has 4 aromatic carbocycles. The van der Waals surface area contributed by atoms with E-state index in [0.717, 1.165) is 41.5 Å². The maximum absolute atomic E-state index is 15.2. The number of aryl methyl sites for hydroxylation is 5. The molecule has 206 valence electrons. The van der Waals surface area contributed by atoms with Gasteiger partial charge in [-0.15, -0.1) is 0 Å². The van der Waals surface area contributed by atoms with Crippen LogP contribution in [0, 0.1) is 17.5 Å². The molecule has 0 saturated heterocycles. The zero-order chi connectivity index (χ0) is 27.8. The molecule has 1 nitrogen and oxygen atoms in total. The Morgan fingerprint density at radius 1 is 0.615 bits per heavy atom. The monoisotopic (exact) mass is 540 g/mol. The summed E-state index contributed by atoms with van der Waals surface area (Å²) in [6.45, 7) is -0.929. The lowest BCUT2D eigenvalue weighted by atomic mass is 9.96. The van der Waals surface area contributed by atoms with Gasteiger partial charge in [0.25, 0.3) is 0 Å². The Hall–Kier alpha value is -3.41. The van der Waals surface area contributed by atoms with Crippen molar-refractivity contribution in [2.24, 2.45) is 0 Å². The van der Waals surface area contributed by atoms with Gasteiger partial charge in [-0.3, -0.25) is 0 Å². The molecule has 0 bridgehead atoms. The first-order valence-corrected chi connectivity index (χ1v) is 13.5. The number of hydrogen-bond donors (Lipinski definition) is 0. The molecule has 0 aliphatic heterocycles. The van der Waals surface area contributed by atoms with Crippen LogP contribution in [-0.2, 0) is 32.1 Å². The summed E-state index contributed by atoms with van der Waals surface area (Å²) in [6, 6.07) is 18.4. The van der Waals surface area contributed by atoms with Crippen molar-refractivity contribution in [1.29, 1.82) is 0 Å². The number of alkyl halides is 2. The Morgan fingerprint density at radius 2 is 1.26 bits per heavy atom. The average Bonchev–Trinajstić information content (AvgIpc) is 2.91. The summed E-state index contributed by atoms with van der Waals surface area (Å²) < 4.78 is 72.7. The minimum atomic E-state index is -3.10. The predicted molar refractivity (Wildman–Crippen MR) is 146 cm³/mol. The van der Waals surface area contributed by atoms with Crippen LogP contribution in [0.4, 0.5) is 22.0 Å². The number of halogens is 5. The normalized spacial score (nSPS) is 11.5. The van der Waals surface area contributed by atoms with E-state index in [1.807, 2.05) is 30.3 Å². The highest BCUT2D eigenvalue weighted by Crippen LogP contribution is 2.26. The van der Waals surface area contributed by atoms with E-state index in [1.165, 1.54) is 25.3 Å². The van der Waals surface area contributed by atoms with E-state index in [-0.39, 0.29) is 11.6 Å². The van der Waals surface area contributed by atoms with E-state index >= 15 is 4.39 Å². The molecule has 0 aliphatic rings. The fourth-order valence-electron chi connectivity index (χ4n) is 4.89. The highest BCUT2D eigenvalue weighted by Gasteiger charge is 2.13. The Balaban J connectivity index is 1.37. The molecule has 0 heterocycles. The van der Waals surface area contributed by atoms with E-state index in [0.29, 0.717) is 47.8 Å². The zero-order valence-electron chi connectivity index (χ0n) is 22.1. The molecule has 0 saturated carbocycles. The fourth-order valence-corrected chi connectivity index (χ4v) is 4.89. The van der Waals surface area contributed by atoms with Crippen molar-refractivity contribution in [1.82, 2.24) is 0 Å². The largest absolute Gasteiger partial charge is 0.432 e. The van der Waals surface area contributed by atoms with Crippen molar-refractivity contribution in [2.45, 2.75) is 71.3 Å². The van der Waals surface area contributed by atoms with Crippen LogP contribution < -0.4 is 4.74 Å². The summed E-state index contributed by atoms with van der Waals surface area (Å²) in [7, 11) is 0. The van der Waals surface area contributed by atoms with Crippen molar-refractivity contribution in [3.8, 4) is 5.75 Å². The summed E-state index contributed by atoms with van der Waals surface area (Å²) >= 11 is 0. The third-order valence-electron chi connectivity index (χ3n) is 7.11. The van der Waals surface area contributed by atoms with Crippen LogP contribution in [0.15, 0.2) is 66.7 Å². The van der Waals surface area contributed by atoms with Gasteiger partial charge in [-0.25, -0.2) is 13.2 Å². The predicted octanol–water partition coefficient (Wildman–Crippen LogP) is 9.55. The summed E-state index contributed by atoms with van der Waals surface area (Å²) in [5.74, 6) is -1.90. The van der Waals surface area contributed by atoms with Crippen molar-refractivity contribution >= 4 is 10.8 Å². The molecule has 0 aliphatic carbocycles. The Morgan fingerprint density at radius 3 is 1.97 bits per heavy atom. The second kappa shape index (κ2) is 13.6. The number of hydrogen-bond acceptors (Lipinski definition) is 1. The van der Waals surface area contributed by atoms with Crippen LogP contribution in [0.1, 0.15) is 60.4 Å². The van der Waals surface area contributed by atoms with E-state index < -0.39 is 18.2 Å². The molecule has 4 aromatic rings. The SMILES string of the molecule is CCCCCCc1ccc(CCc2ccc3c(F)c(CCc4ccc(OC(F)F)c(F)c4)ccc3c2)c(F)c1. The average molecular weight is 541 g/mol.